The van der Waals surface area contributed by atoms with E-state index in [-0.39, 0.29) is 33.3 Å². The Balaban J connectivity index is 1.98. The van der Waals surface area contributed by atoms with Crippen LogP contribution >= 0.6 is 0 Å². The van der Waals surface area contributed by atoms with E-state index < -0.39 is 0 Å². The Morgan fingerprint density at radius 1 is 1.04 bits per heavy atom. The van der Waals surface area contributed by atoms with Gasteiger partial charge in [-0.15, -0.1) is 0 Å². The molecule has 2 aromatic rings. The van der Waals surface area contributed by atoms with E-state index in [0.717, 1.165) is 46.7 Å². The maximum absolute atomic E-state index is 13.8. The number of hydrogen-bond acceptors (Lipinski definition) is 3. The van der Waals surface area contributed by atoms with Gasteiger partial charge in [-0.3, -0.25) is 9.59 Å². The van der Waals surface area contributed by atoms with E-state index in [1.807, 2.05) is 41.3 Å². The zero-order valence-corrected chi connectivity index (χ0v) is 18.3. The van der Waals surface area contributed by atoms with Crippen molar-refractivity contribution in [2.75, 3.05) is 31.7 Å². The average molecular weight is 401 g/mol. The summed E-state index contributed by atoms with van der Waals surface area (Å²) in [5.41, 5.74) is 0.636. The Morgan fingerprint density at radius 3 is 2.18 bits per heavy atom. The minimum atomic E-state index is -0.139. The number of benzene rings is 2. The van der Waals surface area contributed by atoms with Gasteiger partial charge in [-0.25, -0.2) is 0 Å². The van der Waals surface area contributed by atoms with Crippen LogP contribution in [-0.4, -0.2) is 53.5 Å². The molecule has 4 nitrogen and oxygen atoms in total. The lowest BCUT2D eigenvalue weighted by Crippen LogP contribution is -2.52. The summed E-state index contributed by atoms with van der Waals surface area (Å²) in [6, 6.07) is 11.8. The number of rotatable bonds is 4. The van der Waals surface area contributed by atoms with Gasteiger partial charge in [0.25, 0.3) is 0 Å². The van der Waals surface area contributed by atoms with Gasteiger partial charge in [-0.1, -0.05) is 45.0 Å². The average Bonchev–Trinajstić information content (AvgIpc) is 2.66. The number of fused-ring (bicyclic) bond motifs is 1. The number of Topliss-reactive ketones (excluding diaryl/α,β-unsaturated/α-hetero) is 1. The summed E-state index contributed by atoms with van der Waals surface area (Å²) in [7, 11) is 1.61. The van der Waals surface area contributed by atoms with Crippen molar-refractivity contribution in [3.8, 4) is 5.75 Å². The summed E-state index contributed by atoms with van der Waals surface area (Å²) < 4.78 is 5.49. The smallest absolute Gasteiger partial charge is 0.219 e. The molecule has 1 heterocycles. The first kappa shape index (κ1) is 20.7. The number of carbonyl (C=O) groups is 2. The van der Waals surface area contributed by atoms with E-state index in [1.54, 1.807) is 14.0 Å². The highest BCUT2D eigenvalue weighted by Crippen LogP contribution is 2.35. The monoisotopic (exact) mass is 400 g/mol. The molecule has 1 aliphatic heterocycles. The van der Waals surface area contributed by atoms with Crippen molar-refractivity contribution in [2.24, 2.45) is 5.41 Å². The molecule has 5 heteroatoms. The summed E-state index contributed by atoms with van der Waals surface area (Å²) in [5.74, 6) is 2.94. The van der Waals surface area contributed by atoms with Gasteiger partial charge in [0.1, 0.15) is 17.3 Å². The zero-order valence-electron chi connectivity index (χ0n) is 17.5. The van der Waals surface area contributed by atoms with Gasteiger partial charge in [0.2, 0.25) is 11.7 Å². The number of amides is 1. The lowest BCUT2D eigenvalue weighted by Gasteiger charge is -2.34. The molecule has 1 saturated heterocycles. The van der Waals surface area contributed by atoms with Crippen molar-refractivity contribution >= 4 is 33.4 Å². The van der Waals surface area contributed by atoms with Gasteiger partial charge in [-0.05, 0) is 17.5 Å². The Hall–Kier alpha value is -2.01. The Labute approximate surface area is 170 Å². The second-order valence-corrected chi connectivity index (χ2v) is 10.8. The Kier molecular flexibility index (Phi) is 6.04. The van der Waals surface area contributed by atoms with Gasteiger partial charge in [-0.2, -0.15) is 0 Å². The molecule has 0 spiro atoms. The first-order valence-electron chi connectivity index (χ1n) is 9.76. The SMILES string of the molecule is COc1ccc(C(=O)C([S+]2CCN(C(C)=O)CC2)C(C)(C)C)c2ccccc12. The molecule has 1 unspecified atom stereocenters. The molecule has 0 aromatic heterocycles. The summed E-state index contributed by atoms with van der Waals surface area (Å²) in [6.45, 7) is 9.60. The van der Waals surface area contributed by atoms with Crippen LogP contribution in [-0.2, 0) is 15.7 Å². The van der Waals surface area contributed by atoms with E-state index in [0.29, 0.717) is 0 Å². The number of carbonyl (C=O) groups excluding carboxylic acids is 2. The highest BCUT2D eigenvalue weighted by molar-refractivity contribution is 7.98. The van der Waals surface area contributed by atoms with Crippen LogP contribution < -0.4 is 4.74 Å². The molecule has 0 radical (unpaired) electrons. The molecule has 1 amide bonds. The number of ketones is 1. The molecule has 0 bridgehead atoms. The third-order valence-electron chi connectivity index (χ3n) is 5.42. The van der Waals surface area contributed by atoms with Gasteiger partial charge in [0.05, 0.1) is 20.2 Å². The molecule has 0 aliphatic carbocycles. The molecular formula is C23H30NO3S+. The molecular weight excluding hydrogens is 370 g/mol. The lowest BCUT2D eigenvalue weighted by molar-refractivity contribution is -0.128. The van der Waals surface area contributed by atoms with Gasteiger partial charge >= 0.3 is 0 Å². The molecule has 2 aromatic carbocycles. The number of methoxy groups -OCH3 is 1. The zero-order chi connectivity index (χ0) is 20.5. The standard InChI is InChI=1S/C23H30NO3S/c1-16(25)24-12-14-28(15-13-24)22(23(2,3)4)21(26)19-10-11-20(27-5)18-9-7-6-8-17(18)19/h6-11,22H,12-15H2,1-5H3/q+1. The maximum atomic E-state index is 13.8. The second-order valence-electron chi connectivity index (χ2n) is 8.42. The topological polar surface area (TPSA) is 46.6 Å². The molecule has 150 valence electrons. The van der Waals surface area contributed by atoms with Crippen molar-refractivity contribution in [1.82, 2.24) is 4.90 Å². The van der Waals surface area contributed by atoms with Crippen LogP contribution in [0.1, 0.15) is 38.1 Å². The molecule has 0 N–H and O–H groups in total. The fourth-order valence-corrected chi connectivity index (χ4v) is 7.08. The van der Waals surface area contributed by atoms with E-state index in [9.17, 15) is 9.59 Å². The van der Waals surface area contributed by atoms with Crippen molar-refractivity contribution in [2.45, 2.75) is 32.9 Å². The Bertz CT molecular complexity index is 879. The largest absolute Gasteiger partial charge is 0.496 e. The maximum Gasteiger partial charge on any atom is 0.219 e. The summed E-state index contributed by atoms with van der Waals surface area (Å²) in [5, 5.41) is 1.86. The van der Waals surface area contributed by atoms with Crippen molar-refractivity contribution in [3.63, 3.8) is 0 Å². The number of nitrogens with zero attached hydrogens (tertiary/aromatic N) is 1. The van der Waals surface area contributed by atoms with E-state index in [1.165, 1.54) is 0 Å². The van der Waals surface area contributed by atoms with Crippen molar-refractivity contribution < 1.29 is 14.3 Å². The van der Waals surface area contributed by atoms with Gasteiger partial charge in [0, 0.05) is 34.2 Å². The van der Waals surface area contributed by atoms with E-state index >= 15 is 0 Å². The quantitative estimate of drug-likeness (QED) is 0.577. The molecule has 3 rings (SSSR count). The van der Waals surface area contributed by atoms with Gasteiger partial charge in [0.15, 0.2) is 5.25 Å². The summed E-state index contributed by atoms with van der Waals surface area (Å²) in [4.78, 5) is 27.4. The van der Waals surface area contributed by atoms with Crippen LogP contribution in [0.3, 0.4) is 0 Å². The lowest BCUT2D eigenvalue weighted by atomic mass is 9.86. The fraction of sp³-hybridized carbons (Fsp3) is 0.478. The fourth-order valence-electron chi connectivity index (χ4n) is 4.07. The van der Waals surface area contributed by atoms with Crippen LogP contribution in [0, 0.1) is 5.41 Å². The van der Waals surface area contributed by atoms with Crippen LogP contribution in [0.4, 0.5) is 0 Å². The van der Waals surface area contributed by atoms with Crippen LogP contribution in [0.25, 0.3) is 10.8 Å². The van der Waals surface area contributed by atoms with Gasteiger partial charge < -0.3 is 9.64 Å². The number of ether oxygens (including phenoxy) is 1. The third kappa shape index (κ3) is 4.04. The molecule has 28 heavy (non-hydrogen) atoms. The number of hydrogen-bond donors (Lipinski definition) is 0. The first-order chi connectivity index (χ1) is 13.2. The minimum absolute atomic E-state index is 0.0445. The minimum Gasteiger partial charge on any atom is -0.496 e. The molecule has 0 saturated carbocycles. The summed E-state index contributed by atoms with van der Waals surface area (Å²) in [6.07, 6.45) is 0. The second kappa shape index (κ2) is 8.16. The molecule has 1 fully saturated rings. The predicted octanol–water partition coefficient (Wildman–Crippen LogP) is 3.93. The Morgan fingerprint density at radius 2 is 1.64 bits per heavy atom. The third-order valence-corrected chi connectivity index (χ3v) is 8.42. The normalized spacial score (nSPS) is 16.8. The first-order valence-corrected chi connectivity index (χ1v) is 11.4. The van der Waals surface area contributed by atoms with E-state index in [2.05, 4.69) is 20.8 Å². The van der Waals surface area contributed by atoms with E-state index in [4.69, 9.17) is 4.74 Å². The van der Waals surface area contributed by atoms with Crippen LogP contribution in [0.5, 0.6) is 5.75 Å². The highest BCUT2D eigenvalue weighted by atomic mass is 32.2. The highest BCUT2D eigenvalue weighted by Gasteiger charge is 2.47. The predicted molar refractivity (Wildman–Crippen MR) is 117 cm³/mol. The molecule has 1 atom stereocenters. The molecule has 1 aliphatic rings. The summed E-state index contributed by atoms with van der Waals surface area (Å²) >= 11 is 0. The van der Waals surface area contributed by atoms with Crippen LogP contribution in [0.15, 0.2) is 36.4 Å². The van der Waals surface area contributed by atoms with Crippen LogP contribution in [0.2, 0.25) is 0 Å². The van der Waals surface area contributed by atoms with Crippen molar-refractivity contribution in [3.05, 3.63) is 42.0 Å². The van der Waals surface area contributed by atoms with Crippen molar-refractivity contribution in [1.29, 1.82) is 0 Å².